The smallest absolute Gasteiger partial charge is 0.123 e. The lowest BCUT2D eigenvalue weighted by Crippen LogP contribution is -2.35. The summed E-state index contributed by atoms with van der Waals surface area (Å²) < 4.78 is 16.4. The van der Waals surface area contributed by atoms with E-state index in [0.717, 1.165) is 28.1 Å². The minimum atomic E-state index is -0.222. The van der Waals surface area contributed by atoms with Crippen molar-refractivity contribution in [1.29, 1.82) is 0 Å². The molecule has 0 aliphatic heterocycles. The molecule has 114 valence electrons. The molecule has 0 saturated carbocycles. The number of imidazole rings is 1. The quantitative estimate of drug-likeness (QED) is 0.899. The normalized spacial score (nSPS) is 11.9. The second-order valence-corrected chi connectivity index (χ2v) is 7.08. The fourth-order valence-electron chi connectivity index (χ4n) is 2.06. The first-order chi connectivity index (χ1) is 9.76. The molecule has 0 aliphatic carbocycles. The van der Waals surface area contributed by atoms with E-state index in [1.807, 2.05) is 13.1 Å². The topological polar surface area (TPSA) is 29.9 Å². The lowest BCUT2D eigenvalue weighted by atomic mass is 10.1. The van der Waals surface area contributed by atoms with Gasteiger partial charge < -0.3 is 9.88 Å². The Bertz CT molecular complexity index is 629. The number of rotatable bonds is 4. The molecule has 0 saturated heterocycles. The van der Waals surface area contributed by atoms with E-state index in [0.29, 0.717) is 6.54 Å². The molecule has 3 nitrogen and oxygen atoms in total. The highest BCUT2D eigenvalue weighted by Crippen LogP contribution is 2.20. The highest BCUT2D eigenvalue weighted by Gasteiger charge is 2.13. The first-order valence-electron chi connectivity index (χ1n) is 6.96. The Morgan fingerprint density at radius 1 is 1.33 bits per heavy atom. The Morgan fingerprint density at radius 3 is 2.71 bits per heavy atom. The second kappa shape index (κ2) is 6.28. The molecule has 0 unspecified atom stereocenters. The van der Waals surface area contributed by atoms with Gasteiger partial charge in [0.1, 0.15) is 11.6 Å². The molecular weight excluding hydrogens is 333 g/mol. The zero-order valence-corrected chi connectivity index (χ0v) is 14.5. The predicted molar refractivity (Wildman–Crippen MR) is 86.8 cm³/mol. The van der Waals surface area contributed by atoms with Gasteiger partial charge in [0.2, 0.25) is 0 Å². The molecule has 1 aromatic carbocycles. The van der Waals surface area contributed by atoms with Crippen LogP contribution in [-0.2, 0) is 13.1 Å². The summed E-state index contributed by atoms with van der Waals surface area (Å²) in [5, 5.41) is 3.46. The second-order valence-electron chi connectivity index (χ2n) is 6.22. The lowest BCUT2D eigenvalue weighted by molar-refractivity contribution is 0.416. The molecule has 0 amide bonds. The fourth-order valence-corrected chi connectivity index (χ4v) is 2.43. The minimum Gasteiger partial charge on any atom is -0.327 e. The Morgan fingerprint density at radius 2 is 2.05 bits per heavy atom. The largest absolute Gasteiger partial charge is 0.327 e. The number of nitrogens with zero attached hydrogens (tertiary/aromatic N) is 2. The van der Waals surface area contributed by atoms with Crippen LogP contribution in [0.2, 0.25) is 0 Å². The Kier molecular flexibility index (Phi) is 4.84. The Balaban J connectivity index is 2.23. The summed E-state index contributed by atoms with van der Waals surface area (Å²) in [5.74, 6) is 0.706. The highest BCUT2D eigenvalue weighted by atomic mass is 79.9. The van der Waals surface area contributed by atoms with E-state index in [1.165, 1.54) is 6.07 Å². The molecule has 2 aromatic rings. The number of hydrogen-bond donors (Lipinski definition) is 1. The molecule has 21 heavy (non-hydrogen) atoms. The minimum absolute atomic E-state index is 0.0441. The molecule has 1 N–H and O–H groups in total. The van der Waals surface area contributed by atoms with Gasteiger partial charge in [0, 0.05) is 22.8 Å². The van der Waals surface area contributed by atoms with Crippen LogP contribution in [0.25, 0.3) is 0 Å². The zero-order valence-electron chi connectivity index (χ0n) is 12.9. The average Bonchev–Trinajstić information content (AvgIpc) is 2.72. The molecule has 0 fully saturated rings. The number of nitrogens with one attached hydrogen (secondary N) is 1. The van der Waals surface area contributed by atoms with E-state index < -0.39 is 0 Å². The van der Waals surface area contributed by atoms with Gasteiger partial charge >= 0.3 is 0 Å². The maximum Gasteiger partial charge on any atom is 0.123 e. The monoisotopic (exact) mass is 353 g/mol. The predicted octanol–water partition coefficient (Wildman–Crippen LogP) is 4.03. The van der Waals surface area contributed by atoms with Gasteiger partial charge in [0.25, 0.3) is 0 Å². The van der Waals surface area contributed by atoms with Crippen molar-refractivity contribution in [3.8, 4) is 0 Å². The van der Waals surface area contributed by atoms with Gasteiger partial charge in [-0.15, -0.1) is 0 Å². The van der Waals surface area contributed by atoms with Crippen LogP contribution in [0, 0.1) is 12.7 Å². The SMILES string of the molecule is Cc1ncc(CNC(C)(C)C)n1Cc1cc(F)ccc1Br. The van der Waals surface area contributed by atoms with Gasteiger partial charge in [0.15, 0.2) is 0 Å². The molecule has 1 aromatic heterocycles. The van der Waals surface area contributed by atoms with Crippen LogP contribution in [0.4, 0.5) is 4.39 Å². The van der Waals surface area contributed by atoms with Gasteiger partial charge in [0.05, 0.1) is 12.2 Å². The van der Waals surface area contributed by atoms with E-state index in [-0.39, 0.29) is 11.4 Å². The van der Waals surface area contributed by atoms with Crippen LogP contribution in [0.5, 0.6) is 0 Å². The van der Waals surface area contributed by atoms with Gasteiger partial charge in [-0.2, -0.15) is 0 Å². The zero-order chi connectivity index (χ0) is 15.6. The van der Waals surface area contributed by atoms with Crippen molar-refractivity contribution >= 4 is 15.9 Å². The maximum absolute atomic E-state index is 13.4. The first kappa shape index (κ1) is 16.2. The van der Waals surface area contributed by atoms with Gasteiger partial charge in [-0.1, -0.05) is 15.9 Å². The molecule has 2 rings (SSSR count). The van der Waals surface area contributed by atoms with E-state index in [2.05, 4.69) is 51.6 Å². The van der Waals surface area contributed by atoms with Crippen LogP contribution in [0.3, 0.4) is 0 Å². The maximum atomic E-state index is 13.4. The third-order valence-corrected chi connectivity index (χ3v) is 4.05. The average molecular weight is 354 g/mol. The molecule has 1 heterocycles. The van der Waals surface area contributed by atoms with Crippen molar-refractivity contribution < 1.29 is 4.39 Å². The summed E-state index contributed by atoms with van der Waals surface area (Å²) in [4.78, 5) is 4.38. The summed E-state index contributed by atoms with van der Waals surface area (Å²) in [6.45, 7) is 9.69. The van der Waals surface area contributed by atoms with Crippen LogP contribution >= 0.6 is 15.9 Å². The Hall–Kier alpha value is -1.20. The lowest BCUT2D eigenvalue weighted by Gasteiger charge is -2.21. The summed E-state index contributed by atoms with van der Waals surface area (Å²) >= 11 is 3.48. The fraction of sp³-hybridized carbons (Fsp3) is 0.438. The summed E-state index contributed by atoms with van der Waals surface area (Å²) in [6, 6.07) is 4.75. The van der Waals surface area contributed by atoms with Gasteiger partial charge in [-0.3, -0.25) is 0 Å². The van der Waals surface area contributed by atoms with E-state index in [1.54, 1.807) is 12.1 Å². The summed E-state index contributed by atoms with van der Waals surface area (Å²) in [7, 11) is 0. The molecule has 0 spiro atoms. The molecule has 5 heteroatoms. The number of hydrogen-bond acceptors (Lipinski definition) is 2. The summed E-state index contributed by atoms with van der Waals surface area (Å²) in [5.41, 5.74) is 2.05. The molecule has 0 bridgehead atoms. The van der Waals surface area contributed by atoms with Crippen molar-refractivity contribution in [3.63, 3.8) is 0 Å². The number of halogens is 2. The van der Waals surface area contributed by atoms with Crippen LogP contribution in [0.1, 0.15) is 37.9 Å². The van der Waals surface area contributed by atoms with Crippen LogP contribution in [0.15, 0.2) is 28.9 Å². The van der Waals surface area contributed by atoms with Crippen molar-refractivity contribution in [3.05, 3.63) is 51.8 Å². The molecule has 0 aliphatic rings. The van der Waals surface area contributed by atoms with Crippen molar-refractivity contribution in [2.45, 2.75) is 46.3 Å². The standard InChI is InChI=1S/C16H21BrFN3/c1-11-19-8-14(9-20-16(2,3)4)21(11)10-12-7-13(18)5-6-15(12)17/h5-8,20H,9-10H2,1-4H3. The molecular formula is C16H21BrFN3. The number of benzene rings is 1. The third-order valence-electron chi connectivity index (χ3n) is 3.27. The van der Waals surface area contributed by atoms with Crippen LogP contribution in [-0.4, -0.2) is 15.1 Å². The van der Waals surface area contributed by atoms with E-state index in [9.17, 15) is 4.39 Å². The van der Waals surface area contributed by atoms with Crippen molar-refractivity contribution in [1.82, 2.24) is 14.9 Å². The first-order valence-corrected chi connectivity index (χ1v) is 7.75. The van der Waals surface area contributed by atoms with Crippen LogP contribution < -0.4 is 5.32 Å². The third kappa shape index (κ3) is 4.38. The number of aromatic nitrogens is 2. The van der Waals surface area contributed by atoms with Crippen molar-refractivity contribution in [2.24, 2.45) is 0 Å². The van der Waals surface area contributed by atoms with Crippen molar-refractivity contribution in [2.75, 3.05) is 0 Å². The molecule has 0 atom stereocenters. The van der Waals surface area contributed by atoms with Gasteiger partial charge in [-0.25, -0.2) is 9.37 Å². The van der Waals surface area contributed by atoms with Gasteiger partial charge in [-0.05, 0) is 51.5 Å². The number of aryl methyl sites for hydroxylation is 1. The Labute approximate surface area is 133 Å². The highest BCUT2D eigenvalue weighted by molar-refractivity contribution is 9.10. The van der Waals surface area contributed by atoms with E-state index in [4.69, 9.17) is 0 Å². The van der Waals surface area contributed by atoms with E-state index >= 15 is 0 Å². The molecule has 0 radical (unpaired) electrons. The summed E-state index contributed by atoms with van der Waals surface area (Å²) in [6.07, 6.45) is 1.88.